The lowest BCUT2D eigenvalue weighted by Crippen LogP contribution is -2.19. The minimum Gasteiger partial charge on any atom is -0.396 e. The molecule has 5 heteroatoms. The summed E-state index contributed by atoms with van der Waals surface area (Å²) in [5.41, 5.74) is 1.36. The lowest BCUT2D eigenvalue weighted by molar-refractivity contribution is 0.219. The third-order valence-electron chi connectivity index (χ3n) is 3.78. The van der Waals surface area contributed by atoms with E-state index >= 15 is 0 Å². The summed E-state index contributed by atoms with van der Waals surface area (Å²) in [7, 11) is 0. The van der Waals surface area contributed by atoms with E-state index in [2.05, 4.69) is 27.4 Å². The van der Waals surface area contributed by atoms with Gasteiger partial charge in [0.15, 0.2) is 0 Å². The van der Waals surface area contributed by atoms with Gasteiger partial charge in [-0.15, -0.1) is 11.8 Å². The highest BCUT2D eigenvalue weighted by Crippen LogP contribution is 2.44. The summed E-state index contributed by atoms with van der Waals surface area (Å²) in [6, 6.07) is 10.3. The molecule has 0 bridgehead atoms. The van der Waals surface area contributed by atoms with Crippen molar-refractivity contribution in [3.05, 3.63) is 48.3 Å². The van der Waals surface area contributed by atoms with Crippen LogP contribution >= 0.6 is 11.8 Å². The van der Waals surface area contributed by atoms with Crippen molar-refractivity contribution >= 4 is 17.6 Å². The summed E-state index contributed by atoms with van der Waals surface area (Å²) >= 11 is 1.68. The fourth-order valence-corrected chi connectivity index (χ4v) is 2.89. The first kappa shape index (κ1) is 14.4. The van der Waals surface area contributed by atoms with Crippen molar-refractivity contribution in [2.45, 2.75) is 23.6 Å². The van der Waals surface area contributed by atoms with E-state index in [1.165, 1.54) is 5.56 Å². The number of rotatable bonds is 7. The molecule has 0 atom stereocenters. The maximum absolute atomic E-state index is 9.32. The van der Waals surface area contributed by atoms with Gasteiger partial charge in [-0.25, -0.2) is 4.98 Å². The normalized spacial score (nSPS) is 15.7. The molecule has 21 heavy (non-hydrogen) atoms. The average Bonchev–Trinajstić information content (AvgIpc) is 3.33. The van der Waals surface area contributed by atoms with Gasteiger partial charge in [-0.1, -0.05) is 30.3 Å². The van der Waals surface area contributed by atoms with Crippen molar-refractivity contribution < 1.29 is 5.11 Å². The van der Waals surface area contributed by atoms with E-state index in [-0.39, 0.29) is 12.0 Å². The maximum Gasteiger partial charge on any atom is 0.145 e. The second kappa shape index (κ2) is 6.45. The highest BCUT2D eigenvalue weighted by molar-refractivity contribution is 7.98. The second-order valence-electron chi connectivity index (χ2n) is 5.53. The van der Waals surface area contributed by atoms with Gasteiger partial charge in [-0.3, -0.25) is 4.98 Å². The van der Waals surface area contributed by atoms with Crippen LogP contribution in [-0.4, -0.2) is 28.2 Å². The van der Waals surface area contributed by atoms with E-state index in [0.29, 0.717) is 0 Å². The van der Waals surface area contributed by atoms with Crippen molar-refractivity contribution in [1.29, 1.82) is 0 Å². The van der Waals surface area contributed by atoms with Crippen molar-refractivity contribution in [3.63, 3.8) is 0 Å². The number of aromatic nitrogens is 2. The molecule has 0 unspecified atom stereocenters. The number of hydrogen-bond donors (Lipinski definition) is 2. The molecule has 1 fully saturated rings. The molecule has 1 aromatic heterocycles. The summed E-state index contributed by atoms with van der Waals surface area (Å²) < 4.78 is 0. The second-order valence-corrected chi connectivity index (χ2v) is 6.52. The van der Waals surface area contributed by atoms with Gasteiger partial charge < -0.3 is 10.4 Å². The van der Waals surface area contributed by atoms with E-state index in [1.807, 2.05) is 18.2 Å². The van der Waals surface area contributed by atoms with E-state index in [1.54, 1.807) is 24.2 Å². The number of nitrogens with zero attached hydrogens (tertiary/aromatic N) is 2. The summed E-state index contributed by atoms with van der Waals surface area (Å²) in [4.78, 5) is 8.80. The number of anilines is 1. The van der Waals surface area contributed by atoms with E-state index < -0.39 is 0 Å². The molecule has 1 aromatic carbocycles. The van der Waals surface area contributed by atoms with Gasteiger partial charge in [-0.05, 0) is 18.4 Å². The molecule has 3 rings (SSSR count). The van der Waals surface area contributed by atoms with Gasteiger partial charge in [-0.2, -0.15) is 0 Å². The van der Waals surface area contributed by atoms with Gasteiger partial charge in [0.1, 0.15) is 10.8 Å². The minimum absolute atomic E-state index is 0.0782. The first-order chi connectivity index (χ1) is 10.3. The molecule has 1 aliphatic rings. The molecule has 110 valence electrons. The number of thioether (sulfide) groups is 1. The largest absolute Gasteiger partial charge is 0.396 e. The smallest absolute Gasteiger partial charge is 0.145 e. The molecule has 0 amide bonds. The monoisotopic (exact) mass is 301 g/mol. The van der Waals surface area contributed by atoms with Crippen LogP contribution in [0.1, 0.15) is 18.4 Å². The zero-order valence-electron chi connectivity index (χ0n) is 11.8. The van der Waals surface area contributed by atoms with E-state index in [0.717, 1.165) is 36.0 Å². The summed E-state index contributed by atoms with van der Waals surface area (Å²) in [5.74, 6) is 1.67. The molecule has 0 spiro atoms. The molecule has 2 N–H and O–H groups in total. The molecular formula is C16H19N3OS. The van der Waals surface area contributed by atoms with Crippen molar-refractivity contribution in [2.75, 3.05) is 18.5 Å². The van der Waals surface area contributed by atoms with Crippen LogP contribution in [0.25, 0.3) is 0 Å². The minimum atomic E-state index is 0.0782. The Labute approximate surface area is 129 Å². The Morgan fingerprint density at radius 2 is 2.00 bits per heavy atom. The van der Waals surface area contributed by atoms with Crippen molar-refractivity contribution in [3.8, 4) is 0 Å². The number of nitrogens with one attached hydrogen (secondary N) is 1. The molecule has 1 heterocycles. The van der Waals surface area contributed by atoms with Crippen LogP contribution in [0.5, 0.6) is 0 Å². The molecular weight excluding hydrogens is 282 g/mol. The number of aliphatic hydroxyl groups excluding tert-OH is 1. The predicted octanol–water partition coefficient (Wildman–Crippen LogP) is 2.95. The van der Waals surface area contributed by atoms with Crippen LogP contribution < -0.4 is 5.32 Å². The van der Waals surface area contributed by atoms with Crippen LogP contribution in [0, 0.1) is 5.41 Å². The van der Waals surface area contributed by atoms with Crippen LogP contribution in [0.2, 0.25) is 0 Å². The van der Waals surface area contributed by atoms with Crippen LogP contribution in [0.4, 0.5) is 5.82 Å². The highest BCUT2D eigenvalue weighted by atomic mass is 32.2. The summed E-state index contributed by atoms with van der Waals surface area (Å²) in [6.07, 6.45) is 5.70. The van der Waals surface area contributed by atoms with Crippen molar-refractivity contribution in [2.24, 2.45) is 5.41 Å². The average molecular weight is 301 g/mol. The Kier molecular flexibility index (Phi) is 4.41. The molecule has 2 aromatic rings. The van der Waals surface area contributed by atoms with E-state index in [4.69, 9.17) is 0 Å². The first-order valence-electron chi connectivity index (χ1n) is 7.13. The maximum atomic E-state index is 9.32. The number of benzene rings is 1. The highest BCUT2D eigenvalue weighted by Gasteiger charge is 2.41. The van der Waals surface area contributed by atoms with Gasteiger partial charge in [0.05, 0.1) is 19.0 Å². The van der Waals surface area contributed by atoms with Crippen LogP contribution in [0.15, 0.2) is 47.8 Å². The van der Waals surface area contributed by atoms with Gasteiger partial charge in [0.2, 0.25) is 0 Å². The molecule has 1 aliphatic carbocycles. The van der Waals surface area contributed by atoms with Gasteiger partial charge >= 0.3 is 0 Å². The summed E-state index contributed by atoms with van der Waals surface area (Å²) in [5, 5.41) is 13.5. The molecule has 0 radical (unpaired) electrons. The molecule has 0 aliphatic heterocycles. The Bertz CT molecular complexity index is 587. The molecule has 0 saturated heterocycles. The number of aliphatic hydroxyl groups is 1. The SMILES string of the molecule is OCC1(CNc2cncc(SCc3ccccc3)n2)CC1. The fourth-order valence-electron chi connectivity index (χ4n) is 2.08. The Morgan fingerprint density at radius 1 is 1.19 bits per heavy atom. The van der Waals surface area contributed by atoms with Crippen molar-refractivity contribution in [1.82, 2.24) is 9.97 Å². The standard InChI is InChI=1S/C16H19N3OS/c20-12-16(6-7-16)11-18-14-8-17-9-15(19-14)21-10-13-4-2-1-3-5-13/h1-5,8-9,20H,6-7,10-12H2,(H,18,19). The zero-order valence-corrected chi connectivity index (χ0v) is 12.6. The van der Waals surface area contributed by atoms with Crippen LogP contribution in [-0.2, 0) is 5.75 Å². The Morgan fingerprint density at radius 3 is 2.71 bits per heavy atom. The Balaban J connectivity index is 1.55. The third-order valence-corrected chi connectivity index (χ3v) is 4.75. The molecule has 1 saturated carbocycles. The first-order valence-corrected chi connectivity index (χ1v) is 8.12. The lowest BCUT2D eigenvalue weighted by Gasteiger charge is -2.13. The van der Waals surface area contributed by atoms with Gasteiger partial charge in [0, 0.05) is 17.7 Å². The summed E-state index contributed by atoms with van der Waals surface area (Å²) in [6.45, 7) is 1.01. The quantitative estimate of drug-likeness (QED) is 0.770. The predicted molar refractivity (Wildman–Crippen MR) is 85.3 cm³/mol. The lowest BCUT2D eigenvalue weighted by atomic mass is 10.1. The third kappa shape index (κ3) is 3.95. The fraction of sp³-hybridized carbons (Fsp3) is 0.375. The van der Waals surface area contributed by atoms with E-state index in [9.17, 15) is 5.11 Å². The molecule has 4 nitrogen and oxygen atoms in total. The topological polar surface area (TPSA) is 58.0 Å². The van der Waals surface area contributed by atoms with Gasteiger partial charge in [0.25, 0.3) is 0 Å². The Hall–Kier alpha value is -1.59. The van der Waals surface area contributed by atoms with Crippen LogP contribution in [0.3, 0.4) is 0 Å². The zero-order chi connectivity index (χ0) is 14.5. The number of hydrogen-bond acceptors (Lipinski definition) is 5.